The van der Waals surface area contributed by atoms with Crippen LogP contribution in [0.2, 0.25) is 0 Å². The minimum Gasteiger partial charge on any atom is -0.311 e. The van der Waals surface area contributed by atoms with Crippen molar-refractivity contribution in [2.24, 2.45) is 0 Å². The second kappa shape index (κ2) is 8.21. The van der Waals surface area contributed by atoms with Crippen LogP contribution in [0.25, 0.3) is 0 Å². The molecule has 1 amide bonds. The quantitative estimate of drug-likeness (QED) is 0.682. The summed E-state index contributed by atoms with van der Waals surface area (Å²) in [6.07, 6.45) is 2.57. The molecule has 26 heavy (non-hydrogen) atoms. The molecule has 4 heteroatoms. The van der Waals surface area contributed by atoms with E-state index in [1.54, 1.807) is 24.4 Å². The van der Waals surface area contributed by atoms with Crippen LogP contribution in [0.1, 0.15) is 33.5 Å². The van der Waals surface area contributed by atoms with E-state index in [2.05, 4.69) is 10.3 Å². The van der Waals surface area contributed by atoms with Crippen LogP contribution < -0.4 is 5.32 Å². The fraction of sp³-hybridized carbons (Fsp3) is 0.136. The summed E-state index contributed by atoms with van der Waals surface area (Å²) in [4.78, 5) is 28.8. The number of amides is 1. The first-order valence-corrected chi connectivity index (χ1v) is 8.53. The zero-order valence-electron chi connectivity index (χ0n) is 14.6. The number of ketones is 1. The van der Waals surface area contributed by atoms with Gasteiger partial charge in [-0.05, 0) is 42.7 Å². The molecular formula is C22H20N2O2. The lowest BCUT2D eigenvalue weighted by Gasteiger charge is -2.07. The average molecular weight is 344 g/mol. The van der Waals surface area contributed by atoms with Gasteiger partial charge >= 0.3 is 0 Å². The van der Waals surface area contributed by atoms with Gasteiger partial charge < -0.3 is 5.32 Å². The van der Waals surface area contributed by atoms with Crippen molar-refractivity contribution in [1.29, 1.82) is 0 Å². The third-order valence-corrected chi connectivity index (χ3v) is 4.05. The molecule has 0 aliphatic heterocycles. The fourth-order valence-electron chi connectivity index (χ4n) is 2.69. The van der Waals surface area contributed by atoms with Crippen molar-refractivity contribution in [2.75, 3.05) is 5.32 Å². The number of rotatable bonds is 6. The summed E-state index contributed by atoms with van der Waals surface area (Å²) in [6.45, 7) is 1.95. The number of anilines is 1. The predicted octanol–water partition coefficient (Wildman–Crippen LogP) is 4.19. The smallest absolute Gasteiger partial charge is 0.225 e. The van der Waals surface area contributed by atoms with Crippen LogP contribution in [-0.2, 0) is 11.2 Å². The minimum atomic E-state index is -0.0945. The number of carbonyl (C=O) groups excluding carboxylic acids is 2. The summed E-state index contributed by atoms with van der Waals surface area (Å²) >= 11 is 0. The third-order valence-electron chi connectivity index (χ3n) is 4.05. The number of pyridine rings is 1. The van der Waals surface area contributed by atoms with Gasteiger partial charge in [0, 0.05) is 23.7 Å². The molecule has 4 nitrogen and oxygen atoms in total. The zero-order chi connectivity index (χ0) is 18.4. The highest BCUT2D eigenvalue weighted by Crippen LogP contribution is 2.13. The van der Waals surface area contributed by atoms with Gasteiger partial charge in [-0.3, -0.25) is 9.59 Å². The van der Waals surface area contributed by atoms with Gasteiger partial charge in [0.25, 0.3) is 0 Å². The highest BCUT2D eigenvalue weighted by Gasteiger charge is 2.10. The summed E-state index contributed by atoms with van der Waals surface area (Å²) in [6, 6.07) is 20.3. The standard InChI is InChI=1S/C22H20N2O2/c1-16-12-13-23-20(14-16)24-21(25)11-10-17-6-5-9-19(15-17)22(26)18-7-3-2-4-8-18/h2-9,12-15H,10-11H2,1H3,(H,23,24,25). The van der Waals surface area contributed by atoms with Crippen LogP contribution in [0.5, 0.6) is 0 Å². The number of nitrogens with zero attached hydrogens (tertiary/aromatic N) is 1. The first-order chi connectivity index (χ1) is 12.6. The number of hydrogen-bond donors (Lipinski definition) is 1. The molecule has 3 aromatic rings. The molecule has 0 aliphatic carbocycles. The molecule has 0 unspecified atom stereocenters. The van der Waals surface area contributed by atoms with E-state index < -0.39 is 0 Å². The Morgan fingerprint density at radius 1 is 0.923 bits per heavy atom. The van der Waals surface area contributed by atoms with E-state index in [1.165, 1.54) is 0 Å². The number of benzene rings is 2. The largest absolute Gasteiger partial charge is 0.311 e. The molecule has 0 saturated carbocycles. The maximum Gasteiger partial charge on any atom is 0.225 e. The SMILES string of the molecule is Cc1ccnc(NC(=O)CCc2cccc(C(=O)c3ccccc3)c2)c1. The van der Waals surface area contributed by atoms with E-state index in [9.17, 15) is 9.59 Å². The predicted molar refractivity (Wildman–Crippen MR) is 102 cm³/mol. The molecule has 0 saturated heterocycles. The Balaban J connectivity index is 1.62. The van der Waals surface area contributed by atoms with E-state index in [-0.39, 0.29) is 11.7 Å². The number of nitrogens with one attached hydrogen (secondary N) is 1. The number of hydrogen-bond acceptors (Lipinski definition) is 3. The van der Waals surface area contributed by atoms with Crippen molar-refractivity contribution in [1.82, 2.24) is 4.98 Å². The van der Waals surface area contributed by atoms with Gasteiger partial charge in [-0.25, -0.2) is 4.98 Å². The lowest BCUT2D eigenvalue weighted by molar-refractivity contribution is -0.116. The number of carbonyl (C=O) groups is 2. The highest BCUT2D eigenvalue weighted by molar-refractivity contribution is 6.09. The Labute approximate surface area is 152 Å². The van der Waals surface area contributed by atoms with Gasteiger partial charge in [-0.2, -0.15) is 0 Å². The number of aromatic nitrogens is 1. The van der Waals surface area contributed by atoms with Crippen LogP contribution in [0.3, 0.4) is 0 Å². The Hall–Kier alpha value is -3.27. The van der Waals surface area contributed by atoms with E-state index in [1.807, 2.05) is 55.5 Å². The zero-order valence-corrected chi connectivity index (χ0v) is 14.6. The maximum atomic E-state index is 12.5. The van der Waals surface area contributed by atoms with Crippen molar-refractivity contribution in [3.8, 4) is 0 Å². The second-order valence-corrected chi connectivity index (χ2v) is 6.16. The van der Waals surface area contributed by atoms with E-state index in [0.717, 1.165) is 11.1 Å². The van der Waals surface area contributed by atoms with E-state index in [4.69, 9.17) is 0 Å². The fourth-order valence-corrected chi connectivity index (χ4v) is 2.69. The molecule has 0 spiro atoms. The van der Waals surface area contributed by atoms with Crippen LogP contribution in [-0.4, -0.2) is 16.7 Å². The molecular weight excluding hydrogens is 324 g/mol. The Morgan fingerprint density at radius 2 is 1.69 bits per heavy atom. The van der Waals surface area contributed by atoms with Crippen LogP contribution in [0.4, 0.5) is 5.82 Å². The minimum absolute atomic E-state index is 0.0131. The lowest BCUT2D eigenvalue weighted by atomic mass is 10.00. The van der Waals surface area contributed by atoms with Gasteiger partial charge in [-0.1, -0.05) is 48.5 Å². The highest BCUT2D eigenvalue weighted by atomic mass is 16.1. The second-order valence-electron chi connectivity index (χ2n) is 6.16. The van der Waals surface area contributed by atoms with E-state index in [0.29, 0.717) is 29.8 Å². The molecule has 0 atom stereocenters. The monoisotopic (exact) mass is 344 g/mol. The van der Waals surface area contributed by atoms with E-state index >= 15 is 0 Å². The number of aryl methyl sites for hydroxylation is 2. The maximum absolute atomic E-state index is 12.5. The van der Waals surface area contributed by atoms with Gasteiger partial charge in [0.2, 0.25) is 5.91 Å². The molecule has 0 bridgehead atoms. The summed E-state index contributed by atoms with van der Waals surface area (Å²) in [5.41, 5.74) is 3.30. The van der Waals surface area contributed by atoms with Gasteiger partial charge in [0.15, 0.2) is 5.78 Å². The first kappa shape index (κ1) is 17.5. The molecule has 0 aliphatic rings. The Morgan fingerprint density at radius 3 is 2.46 bits per heavy atom. The van der Waals surface area contributed by atoms with Gasteiger partial charge in [0.1, 0.15) is 5.82 Å². The molecule has 0 radical (unpaired) electrons. The Kier molecular flexibility index (Phi) is 5.54. The topological polar surface area (TPSA) is 59.1 Å². The van der Waals surface area contributed by atoms with Crippen LogP contribution >= 0.6 is 0 Å². The average Bonchev–Trinajstić information content (AvgIpc) is 2.67. The summed E-state index contributed by atoms with van der Waals surface area (Å²) in [7, 11) is 0. The van der Waals surface area contributed by atoms with Gasteiger partial charge in [0.05, 0.1) is 0 Å². The summed E-state index contributed by atoms with van der Waals surface area (Å²) in [5, 5.41) is 2.80. The van der Waals surface area contributed by atoms with Crippen LogP contribution in [0, 0.1) is 6.92 Å². The van der Waals surface area contributed by atoms with Crippen molar-refractivity contribution >= 4 is 17.5 Å². The molecule has 0 fully saturated rings. The molecule has 130 valence electrons. The third kappa shape index (κ3) is 4.63. The normalized spacial score (nSPS) is 10.3. The summed E-state index contributed by atoms with van der Waals surface area (Å²) in [5.74, 6) is 0.451. The molecule has 1 heterocycles. The van der Waals surface area contributed by atoms with Crippen molar-refractivity contribution in [3.05, 3.63) is 95.2 Å². The van der Waals surface area contributed by atoms with Crippen LogP contribution in [0.15, 0.2) is 72.9 Å². The summed E-state index contributed by atoms with van der Waals surface area (Å²) < 4.78 is 0. The molecule has 1 aromatic heterocycles. The van der Waals surface area contributed by atoms with Crippen molar-refractivity contribution in [2.45, 2.75) is 19.8 Å². The van der Waals surface area contributed by atoms with Crippen molar-refractivity contribution < 1.29 is 9.59 Å². The Bertz CT molecular complexity index is 920. The molecule has 1 N–H and O–H groups in total. The van der Waals surface area contributed by atoms with Crippen molar-refractivity contribution in [3.63, 3.8) is 0 Å². The first-order valence-electron chi connectivity index (χ1n) is 8.53. The lowest BCUT2D eigenvalue weighted by Crippen LogP contribution is -2.13. The van der Waals surface area contributed by atoms with Gasteiger partial charge in [-0.15, -0.1) is 0 Å². The molecule has 3 rings (SSSR count). The molecule has 2 aromatic carbocycles.